The van der Waals surface area contributed by atoms with Crippen molar-refractivity contribution in [3.8, 4) is 11.6 Å². The molecule has 12 heteroatoms. The number of carbonyl (C=O) groups excluding carboxylic acids is 1. The van der Waals surface area contributed by atoms with Crippen molar-refractivity contribution in [1.29, 1.82) is 5.41 Å². The number of aromatic nitrogens is 2. The predicted molar refractivity (Wildman–Crippen MR) is 93.9 cm³/mol. The van der Waals surface area contributed by atoms with E-state index in [9.17, 15) is 17.6 Å². The van der Waals surface area contributed by atoms with Crippen molar-refractivity contribution in [3.63, 3.8) is 0 Å². The van der Waals surface area contributed by atoms with Crippen LogP contribution in [0.15, 0.2) is 30.6 Å². The summed E-state index contributed by atoms with van der Waals surface area (Å²) in [5.74, 6) is -2.44. The summed E-state index contributed by atoms with van der Waals surface area (Å²) >= 11 is 4.68. The Bertz CT molecular complexity index is 975. The number of aliphatic hydroxyl groups is 1. The molecule has 0 aliphatic heterocycles. The lowest BCUT2D eigenvalue weighted by molar-refractivity contribution is -0.113. The maximum atomic E-state index is 13.9. The number of aliphatic hydroxyl groups excluding tert-OH is 1. The highest BCUT2D eigenvalue weighted by atomic mass is 32.2. The molecular formula is C14H15FN4O5S2. The Hall–Kier alpha value is -2.70. The van der Waals surface area contributed by atoms with E-state index in [-0.39, 0.29) is 21.8 Å². The van der Waals surface area contributed by atoms with Crippen LogP contribution in [-0.2, 0) is 14.8 Å². The van der Waals surface area contributed by atoms with Gasteiger partial charge < -0.3 is 14.8 Å². The molecule has 140 valence electrons. The SMILES string of the molecule is CO.CS(=O)(=O)NC(=O)C(=N)c1ccccc1Oc1[nH]cnc(=S)c1F. The molecule has 4 N–H and O–H groups in total. The van der Waals surface area contributed by atoms with E-state index in [0.717, 1.165) is 19.7 Å². The van der Waals surface area contributed by atoms with Crippen molar-refractivity contribution < 1.29 is 27.4 Å². The Balaban J connectivity index is 0.00000163. The third-order valence-electron chi connectivity index (χ3n) is 2.64. The quantitative estimate of drug-likeness (QED) is 0.433. The number of ether oxygens (including phenoxy) is 1. The highest BCUT2D eigenvalue weighted by molar-refractivity contribution is 7.89. The molecule has 1 heterocycles. The highest BCUT2D eigenvalue weighted by Crippen LogP contribution is 2.26. The minimum atomic E-state index is -3.83. The highest BCUT2D eigenvalue weighted by Gasteiger charge is 2.20. The van der Waals surface area contributed by atoms with Crippen LogP contribution in [0.4, 0.5) is 4.39 Å². The molecule has 1 aromatic heterocycles. The van der Waals surface area contributed by atoms with Crippen LogP contribution in [0.25, 0.3) is 0 Å². The van der Waals surface area contributed by atoms with Crippen molar-refractivity contribution in [2.75, 3.05) is 13.4 Å². The normalized spacial score (nSPS) is 10.3. The maximum absolute atomic E-state index is 13.9. The van der Waals surface area contributed by atoms with Gasteiger partial charge in [0.15, 0.2) is 4.64 Å². The molecule has 0 aliphatic carbocycles. The summed E-state index contributed by atoms with van der Waals surface area (Å²) in [6.45, 7) is 0. The van der Waals surface area contributed by atoms with Crippen LogP contribution in [0.5, 0.6) is 11.6 Å². The van der Waals surface area contributed by atoms with E-state index in [2.05, 4.69) is 22.2 Å². The zero-order valence-corrected chi connectivity index (χ0v) is 15.2. The molecule has 0 spiro atoms. The van der Waals surface area contributed by atoms with Crippen LogP contribution in [0.2, 0.25) is 0 Å². The van der Waals surface area contributed by atoms with Gasteiger partial charge in [0.25, 0.3) is 5.91 Å². The van der Waals surface area contributed by atoms with Crippen LogP contribution >= 0.6 is 12.2 Å². The van der Waals surface area contributed by atoms with Crippen molar-refractivity contribution in [3.05, 3.63) is 46.6 Å². The predicted octanol–water partition coefficient (Wildman–Crippen LogP) is 1.12. The first-order chi connectivity index (χ1) is 12.2. The molecule has 0 saturated carbocycles. The van der Waals surface area contributed by atoms with E-state index in [1.807, 2.05) is 0 Å². The third kappa shape index (κ3) is 5.68. The van der Waals surface area contributed by atoms with Gasteiger partial charge in [-0.2, -0.15) is 4.39 Å². The second kappa shape index (κ2) is 9.12. The number of hydrogen-bond donors (Lipinski definition) is 4. The number of rotatable bonds is 5. The number of aromatic amines is 1. The number of sulfonamides is 1. The maximum Gasteiger partial charge on any atom is 0.283 e. The smallest absolute Gasteiger partial charge is 0.283 e. The number of carbonyl (C=O) groups is 1. The topological polar surface area (TPSA) is 145 Å². The van der Waals surface area contributed by atoms with Crippen LogP contribution in [0.3, 0.4) is 0 Å². The molecule has 26 heavy (non-hydrogen) atoms. The lowest BCUT2D eigenvalue weighted by Gasteiger charge is -2.11. The summed E-state index contributed by atoms with van der Waals surface area (Å²) in [5, 5.41) is 14.8. The summed E-state index contributed by atoms with van der Waals surface area (Å²) in [4.78, 5) is 17.8. The van der Waals surface area contributed by atoms with Crippen molar-refractivity contribution in [2.24, 2.45) is 0 Å². The molecule has 0 saturated heterocycles. The minimum absolute atomic E-state index is 0.0332. The summed E-state index contributed by atoms with van der Waals surface area (Å²) in [7, 11) is -2.83. The van der Waals surface area contributed by atoms with Gasteiger partial charge in [-0.05, 0) is 12.1 Å². The van der Waals surface area contributed by atoms with E-state index in [1.54, 1.807) is 4.72 Å². The van der Waals surface area contributed by atoms with E-state index in [1.165, 1.54) is 24.3 Å². The molecular weight excluding hydrogens is 387 g/mol. The first-order valence-electron chi connectivity index (χ1n) is 6.75. The average Bonchev–Trinajstić information content (AvgIpc) is 2.59. The third-order valence-corrected chi connectivity index (χ3v) is 3.48. The van der Waals surface area contributed by atoms with Crippen LogP contribution < -0.4 is 9.46 Å². The second-order valence-electron chi connectivity index (χ2n) is 4.53. The first-order valence-corrected chi connectivity index (χ1v) is 9.05. The molecule has 2 rings (SSSR count). The second-order valence-corrected chi connectivity index (χ2v) is 6.66. The number of nitrogens with zero attached hydrogens (tertiary/aromatic N) is 1. The van der Waals surface area contributed by atoms with Crippen molar-refractivity contribution >= 4 is 33.9 Å². The number of hydrogen-bond acceptors (Lipinski definition) is 8. The van der Waals surface area contributed by atoms with E-state index in [4.69, 9.17) is 15.3 Å². The van der Waals surface area contributed by atoms with E-state index < -0.39 is 27.5 Å². The zero-order chi connectivity index (χ0) is 19.9. The van der Waals surface area contributed by atoms with E-state index >= 15 is 0 Å². The summed E-state index contributed by atoms with van der Waals surface area (Å²) < 4.78 is 42.7. The van der Waals surface area contributed by atoms with Gasteiger partial charge in [-0.25, -0.2) is 18.1 Å². The standard InChI is InChI=1S/C13H11FN4O4S2.CH4O/c1-24(20,21)18-11(19)10(15)7-4-2-3-5-8(7)22-12-9(14)13(23)17-6-16-12;1-2/h2-6,15H,1H3,(H,18,19)(H,16,17,23);2H,1H3. The van der Waals surface area contributed by atoms with Gasteiger partial charge in [0.2, 0.25) is 21.7 Å². The Morgan fingerprint density at radius 2 is 2.00 bits per heavy atom. The van der Waals surface area contributed by atoms with Crippen molar-refractivity contribution in [1.82, 2.24) is 14.7 Å². The van der Waals surface area contributed by atoms with Crippen molar-refractivity contribution in [2.45, 2.75) is 0 Å². The molecule has 0 fully saturated rings. The fourth-order valence-corrected chi connectivity index (χ4v) is 2.24. The molecule has 0 unspecified atom stereocenters. The van der Waals surface area contributed by atoms with Gasteiger partial charge in [-0.15, -0.1) is 0 Å². The number of H-pyrrole nitrogens is 1. The first kappa shape index (κ1) is 21.3. The lowest BCUT2D eigenvalue weighted by Crippen LogP contribution is -2.35. The number of benzene rings is 1. The monoisotopic (exact) mass is 402 g/mol. The fourth-order valence-electron chi connectivity index (χ4n) is 1.65. The number of amides is 1. The zero-order valence-electron chi connectivity index (χ0n) is 13.6. The van der Waals surface area contributed by atoms with Gasteiger partial charge in [0, 0.05) is 12.7 Å². The Morgan fingerprint density at radius 3 is 2.62 bits per heavy atom. The Morgan fingerprint density at radius 1 is 1.38 bits per heavy atom. The number of para-hydroxylation sites is 1. The van der Waals surface area contributed by atoms with Gasteiger partial charge >= 0.3 is 0 Å². The molecule has 0 aliphatic rings. The van der Waals surface area contributed by atoms with Crippen LogP contribution in [0, 0.1) is 15.9 Å². The van der Waals surface area contributed by atoms with Gasteiger partial charge in [0.05, 0.1) is 12.6 Å². The van der Waals surface area contributed by atoms with Gasteiger partial charge in [0.1, 0.15) is 11.5 Å². The van der Waals surface area contributed by atoms with E-state index in [0.29, 0.717) is 0 Å². The largest absolute Gasteiger partial charge is 0.437 e. The molecule has 0 radical (unpaired) electrons. The summed E-state index contributed by atoms with van der Waals surface area (Å²) in [5.41, 5.74) is -0.696. The average molecular weight is 402 g/mol. The lowest BCUT2D eigenvalue weighted by atomic mass is 10.1. The number of halogens is 1. The van der Waals surface area contributed by atoms with Crippen LogP contribution in [0.1, 0.15) is 5.56 Å². The summed E-state index contributed by atoms with van der Waals surface area (Å²) in [6, 6.07) is 5.78. The fraction of sp³-hybridized carbons (Fsp3) is 0.143. The molecule has 9 nitrogen and oxygen atoms in total. The Labute approximate surface area is 153 Å². The minimum Gasteiger partial charge on any atom is -0.437 e. The van der Waals surface area contributed by atoms with Gasteiger partial charge in [-0.1, -0.05) is 24.4 Å². The number of nitrogens with one attached hydrogen (secondary N) is 3. The molecule has 0 atom stereocenters. The summed E-state index contributed by atoms with van der Waals surface area (Å²) in [6.07, 6.45) is 1.91. The molecule has 1 amide bonds. The molecule has 0 bridgehead atoms. The van der Waals surface area contributed by atoms with Crippen LogP contribution in [-0.4, -0.2) is 48.5 Å². The van der Waals surface area contributed by atoms with Gasteiger partial charge in [-0.3, -0.25) is 10.2 Å². The Kier molecular flexibility index (Phi) is 7.49. The molecule has 2 aromatic rings. The molecule has 1 aromatic carbocycles.